The summed E-state index contributed by atoms with van der Waals surface area (Å²) in [4.78, 5) is 20.0. The van der Waals surface area contributed by atoms with Crippen molar-refractivity contribution < 1.29 is 9.59 Å². The Balaban J connectivity index is 3.83. The quantitative estimate of drug-likeness (QED) is 0.309. The maximum Gasteiger partial charge on any atom is 0.242 e. The molecule has 0 rings (SSSR count). The Morgan fingerprint density at radius 1 is 1.50 bits per heavy atom. The van der Waals surface area contributed by atoms with Crippen molar-refractivity contribution in [2.24, 2.45) is 11.5 Å². The van der Waals surface area contributed by atoms with Crippen molar-refractivity contribution in [1.82, 2.24) is 0 Å². The van der Waals surface area contributed by atoms with Crippen molar-refractivity contribution in [2.45, 2.75) is 6.04 Å². The van der Waals surface area contributed by atoms with E-state index in [4.69, 9.17) is 5.73 Å². The Labute approximate surface area is 51.6 Å². The first kappa shape index (κ1) is 7.45. The zero-order valence-electron chi connectivity index (χ0n) is 4.00. The van der Waals surface area contributed by atoms with Crippen LogP contribution >= 0.6 is 12.6 Å². The third-order valence-corrected chi connectivity index (χ3v) is 0.851. The first-order chi connectivity index (χ1) is 3.55. The minimum atomic E-state index is -1.27. The summed E-state index contributed by atoms with van der Waals surface area (Å²) in [6.45, 7) is 0. The van der Waals surface area contributed by atoms with Gasteiger partial charge in [0.1, 0.15) is 0 Å². The summed E-state index contributed by atoms with van der Waals surface area (Å²) in [5.41, 5.74) is 9.46. The Morgan fingerprint density at radius 3 is 1.88 bits per heavy atom. The van der Waals surface area contributed by atoms with Gasteiger partial charge in [0, 0.05) is 0 Å². The molecule has 0 radical (unpaired) electrons. The number of amides is 1. The first-order valence-electron chi connectivity index (χ1n) is 1.83. The highest BCUT2D eigenvalue weighted by atomic mass is 32.1. The lowest BCUT2D eigenvalue weighted by Gasteiger charge is -1.97. The minimum absolute atomic E-state index is 0.711. The van der Waals surface area contributed by atoms with Crippen LogP contribution in [0.3, 0.4) is 0 Å². The van der Waals surface area contributed by atoms with E-state index < -0.39 is 17.1 Å². The van der Waals surface area contributed by atoms with Gasteiger partial charge in [0.15, 0.2) is 6.04 Å². The summed E-state index contributed by atoms with van der Waals surface area (Å²) in [6.07, 6.45) is 0. The van der Waals surface area contributed by atoms with Crippen molar-refractivity contribution in [3.8, 4) is 0 Å². The van der Waals surface area contributed by atoms with Gasteiger partial charge in [0.05, 0.1) is 0 Å². The number of carbonyl (C=O) groups excluding carboxylic acids is 2. The molecule has 4 N–H and O–H groups in total. The van der Waals surface area contributed by atoms with E-state index in [-0.39, 0.29) is 0 Å². The number of carbonyl (C=O) groups is 2. The molecule has 0 aromatic rings. The fraction of sp³-hybridized carbons (Fsp3) is 0.333. The van der Waals surface area contributed by atoms with Gasteiger partial charge in [-0.3, -0.25) is 9.59 Å². The fourth-order valence-corrected chi connectivity index (χ4v) is 0.249. The second kappa shape index (κ2) is 2.68. The summed E-state index contributed by atoms with van der Waals surface area (Å²) in [6, 6.07) is -1.27. The number of thiol groups is 1. The average Bonchev–Trinajstić information content (AvgIpc) is 1.64. The number of primary amides is 1. The topological polar surface area (TPSA) is 86.2 Å². The van der Waals surface area contributed by atoms with Crippen LogP contribution in [0.15, 0.2) is 0 Å². The minimum Gasteiger partial charge on any atom is -0.368 e. The first-order valence-corrected chi connectivity index (χ1v) is 2.28. The van der Waals surface area contributed by atoms with Gasteiger partial charge < -0.3 is 11.5 Å². The van der Waals surface area contributed by atoms with Crippen molar-refractivity contribution >= 4 is 23.7 Å². The van der Waals surface area contributed by atoms with Crippen LogP contribution in [0.2, 0.25) is 0 Å². The molecule has 0 saturated heterocycles. The molecule has 0 spiro atoms. The predicted molar refractivity (Wildman–Crippen MR) is 31.2 cm³/mol. The maximum atomic E-state index is 10.0. The van der Waals surface area contributed by atoms with Crippen molar-refractivity contribution in [3.05, 3.63) is 0 Å². The van der Waals surface area contributed by atoms with E-state index in [1.165, 1.54) is 0 Å². The Morgan fingerprint density at radius 2 is 1.88 bits per heavy atom. The largest absolute Gasteiger partial charge is 0.368 e. The summed E-state index contributed by atoms with van der Waals surface area (Å²) in [5.74, 6) is -0.856. The van der Waals surface area contributed by atoms with Crippen molar-refractivity contribution in [1.29, 1.82) is 0 Å². The molecule has 0 heterocycles. The van der Waals surface area contributed by atoms with Crippen LogP contribution in [0.5, 0.6) is 0 Å². The number of rotatable bonds is 2. The number of nitrogens with two attached hydrogens (primary N) is 2. The van der Waals surface area contributed by atoms with Gasteiger partial charge in [0.25, 0.3) is 0 Å². The highest BCUT2D eigenvalue weighted by Gasteiger charge is 2.14. The van der Waals surface area contributed by atoms with Crippen LogP contribution in [0.4, 0.5) is 0 Å². The van der Waals surface area contributed by atoms with E-state index in [9.17, 15) is 9.59 Å². The molecule has 0 bridgehead atoms. The molecule has 5 heteroatoms. The smallest absolute Gasteiger partial charge is 0.242 e. The van der Waals surface area contributed by atoms with E-state index in [1.807, 2.05) is 0 Å². The van der Waals surface area contributed by atoms with Gasteiger partial charge in [0.2, 0.25) is 11.0 Å². The van der Waals surface area contributed by atoms with Crippen molar-refractivity contribution in [3.63, 3.8) is 0 Å². The molecule has 0 aromatic carbocycles. The lowest BCUT2D eigenvalue weighted by Crippen LogP contribution is -2.40. The SMILES string of the molecule is NC(=O)C(N)C(=O)S. The molecule has 0 aliphatic rings. The molecule has 8 heavy (non-hydrogen) atoms. The van der Waals surface area contributed by atoms with E-state index in [2.05, 4.69) is 18.4 Å². The highest BCUT2D eigenvalue weighted by Crippen LogP contribution is 1.82. The molecule has 1 atom stereocenters. The lowest BCUT2D eigenvalue weighted by molar-refractivity contribution is -0.124. The molecule has 0 saturated carbocycles. The van der Waals surface area contributed by atoms with E-state index in [0.717, 1.165) is 0 Å². The van der Waals surface area contributed by atoms with E-state index in [0.29, 0.717) is 0 Å². The standard InChI is InChI=1S/C3H6N2O2S/c4-1(2(5)6)3(7)8/h1H,4H2,(H2,5,6)(H,7,8). The zero-order valence-corrected chi connectivity index (χ0v) is 4.89. The molecule has 4 nitrogen and oxygen atoms in total. The average molecular weight is 134 g/mol. The Hall–Kier alpha value is -0.550. The summed E-state index contributed by atoms with van der Waals surface area (Å²) in [5, 5.41) is -0.711. The molecular weight excluding hydrogens is 128 g/mol. The third kappa shape index (κ3) is 1.94. The maximum absolute atomic E-state index is 10.0. The van der Waals surface area contributed by atoms with E-state index in [1.54, 1.807) is 0 Å². The molecule has 0 aliphatic heterocycles. The molecular formula is C3H6N2O2S. The lowest BCUT2D eigenvalue weighted by atomic mass is 10.3. The normalized spacial score (nSPS) is 12.8. The second-order valence-electron chi connectivity index (χ2n) is 1.22. The molecule has 0 fully saturated rings. The van der Waals surface area contributed by atoms with Crippen LogP contribution in [-0.2, 0) is 9.59 Å². The Kier molecular flexibility index (Phi) is 2.50. The second-order valence-corrected chi connectivity index (χ2v) is 1.66. The predicted octanol–water partition coefficient (Wildman–Crippen LogP) is -1.74. The number of hydrogen-bond donors (Lipinski definition) is 3. The molecule has 0 aromatic heterocycles. The van der Waals surface area contributed by atoms with Crippen LogP contribution in [0.25, 0.3) is 0 Å². The summed E-state index contributed by atoms with van der Waals surface area (Å²) < 4.78 is 0. The molecule has 1 unspecified atom stereocenters. The highest BCUT2D eigenvalue weighted by molar-refractivity contribution is 7.96. The number of hydrogen-bond acceptors (Lipinski definition) is 3. The van der Waals surface area contributed by atoms with Gasteiger partial charge in [-0.05, 0) is 0 Å². The third-order valence-electron chi connectivity index (χ3n) is 0.573. The van der Waals surface area contributed by atoms with Gasteiger partial charge in [-0.15, -0.1) is 12.6 Å². The zero-order chi connectivity index (χ0) is 6.73. The van der Waals surface area contributed by atoms with Gasteiger partial charge in [-0.1, -0.05) is 0 Å². The molecule has 0 aliphatic carbocycles. The fourth-order valence-electron chi connectivity index (χ4n) is 0.122. The van der Waals surface area contributed by atoms with Crippen LogP contribution in [0.1, 0.15) is 0 Å². The van der Waals surface area contributed by atoms with Crippen LogP contribution < -0.4 is 11.5 Å². The van der Waals surface area contributed by atoms with Gasteiger partial charge in [-0.25, -0.2) is 0 Å². The summed E-state index contributed by atoms with van der Waals surface area (Å²) >= 11 is 3.27. The van der Waals surface area contributed by atoms with Crippen LogP contribution in [0, 0.1) is 0 Å². The monoisotopic (exact) mass is 134 g/mol. The molecule has 46 valence electrons. The Bertz CT molecular complexity index is 110. The molecule has 1 amide bonds. The van der Waals surface area contributed by atoms with E-state index >= 15 is 0 Å². The van der Waals surface area contributed by atoms with Crippen molar-refractivity contribution in [2.75, 3.05) is 0 Å². The van der Waals surface area contributed by atoms with Crippen LogP contribution in [-0.4, -0.2) is 17.1 Å². The van der Waals surface area contributed by atoms with Gasteiger partial charge in [-0.2, -0.15) is 0 Å². The van der Waals surface area contributed by atoms with Gasteiger partial charge >= 0.3 is 0 Å². The summed E-state index contributed by atoms with van der Waals surface area (Å²) in [7, 11) is 0.